The van der Waals surface area contributed by atoms with Crippen LogP contribution in [0.4, 0.5) is 22.6 Å². The fourth-order valence-corrected chi connectivity index (χ4v) is 5.18. The molecule has 1 aliphatic rings. The van der Waals surface area contributed by atoms with Gasteiger partial charge >= 0.3 is 6.18 Å². The quantitative estimate of drug-likeness (QED) is 0.470. The molecule has 1 aromatic heterocycles. The number of anilines is 1. The Morgan fingerprint density at radius 2 is 1.93 bits per heavy atom. The van der Waals surface area contributed by atoms with E-state index in [0.29, 0.717) is 22.9 Å². The van der Waals surface area contributed by atoms with Gasteiger partial charge in [0, 0.05) is 16.9 Å². The fourth-order valence-electron chi connectivity index (χ4n) is 3.90. The van der Waals surface area contributed by atoms with Gasteiger partial charge in [0.05, 0.1) is 22.3 Å². The predicted octanol–water partition coefficient (Wildman–Crippen LogP) is 4.69. The third-order valence-electron chi connectivity index (χ3n) is 4.82. The van der Waals surface area contributed by atoms with E-state index in [2.05, 4.69) is 5.32 Å². The number of amides is 1. The molecule has 0 bridgehead atoms. The molecule has 0 saturated heterocycles. The molecule has 10 heteroatoms. The summed E-state index contributed by atoms with van der Waals surface area (Å²) in [6, 6.07) is 1.99. The van der Waals surface area contributed by atoms with E-state index >= 15 is 0 Å². The molecule has 0 fully saturated rings. The lowest BCUT2D eigenvalue weighted by Gasteiger charge is -2.41. The second-order valence-electron chi connectivity index (χ2n) is 8.30. The number of carbonyl (C=O) groups excluding carboxylic acids is 1. The van der Waals surface area contributed by atoms with Gasteiger partial charge < -0.3 is 20.9 Å². The first-order valence-corrected chi connectivity index (χ1v) is 9.91. The van der Waals surface area contributed by atoms with Crippen LogP contribution in [-0.2, 0) is 22.9 Å². The number of carbonyl (C=O) groups is 1. The number of primary amides is 1. The highest BCUT2D eigenvalue weighted by Gasteiger charge is 2.43. The van der Waals surface area contributed by atoms with Crippen LogP contribution in [0, 0.1) is 5.82 Å². The van der Waals surface area contributed by atoms with Gasteiger partial charge in [0.15, 0.2) is 6.23 Å². The minimum Gasteiger partial charge on any atom is -0.369 e. The summed E-state index contributed by atoms with van der Waals surface area (Å²) < 4.78 is 59.4. The number of fused-ring (bicyclic) bond motifs is 1. The van der Waals surface area contributed by atoms with E-state index < -0.39 is 46.5 Å². The highest BCUT2D eigenvalue weighted by molar-refractivity contribution is 7.17. The van der Waals surface area contributed by atoms with Gasteiger partial charge in [-0.25, -0.2) is 4.39 Å². The van der Waals surface area contributed by atoms with Crippen molar-refractivity contribution < 1.29 is 32.2 Å². The van der Waals surface area contributed by atoms with Crippen molar-refractivity contribution in [3.05, 3.63) is 51.1 Å². The zero-order valence-electron chi connectivity index (χ0n) is 16.8. The molecule has 0 spiro atoms. The second-order valence-corrected chi connectivity index (χ2v) is 9.32. The Kier molecular flexibility index (Phi) is 5.41. The minimum atomic E-state index is -4.87. The summed E-state index contributed by atoms with van der Waals surface area (Å²) in [5, 5.41) is 13.2. The first-order valence-electron chi connectivity index (χ1n) is 9.10. The first-order chi connectivity index (χ1) is 13.6. The van der Waals surface area contributed by atoms with Gasteiger partial charge in [-0.3, -0.25) is 4.79 Å². The van der Waals surface area contributed by atoms with Crippen molar-refractivity contribution >= 4 is 22.2 Å². The van der Waals surface area contributed by atoms with Crippen LogP contribution in [0.3, 0.4) is 0 Å². The molecule has 3 rings (SSSR count). The molecule has 30 heavy (non-hydrogen) atoms. The molecule has 1 aromatic carbocycles. The van der Waals surface area contributed by atoms with Crippen LogP contribution in [0.15, 0.2) is 18.2 Å². The van der Waals surface area contributed by atoms with E-state index in [9.17, 15) is 27.5 Å². The average Bonchev–Trinajstić information content (AvgIpc) is 2.90. The number of rotatable bonds is 4. The molecule has 1 atom stereocenters. The molecule has 164 valence electrons. The summed E-state index contributed by atoms with van der Waals surface area (Å²) in [6.07, 6.45) is -6.36. The summed E-state index contributed by atoms with van der Waals surface area (Å²) in [5.41, 5.74) is 3.06. The van der Waals surface area contributed by atoms with Gasteiger partial charge in [-0.1, -0.05) is 6.07 Å². The van der Waals surface area contributed by atoms with Crippen LogP contribution in [-0.4, -0.2) is 16.6 Å². The van der Waals surface area contributed by atoms with Crippen molar-refractivity contribution in [1.82, 2.24) is 0 Å². The third kappa shape index (κ3) is 4.17. The summed E-state index contributed by atoms with van der Waals surface area (Å²) in [5.74, 6) is -1.85. The van der Waals surface area contributed by atoms with Gasteiger partial charge in [0.25, 0.3) is 5.91 Å². The zero-order valence-corrected chi connectivity index (χ0v) is 17.6. The Bertz CT molecular complexity index is 999. The molecule has 0 aliphatic carbocycles. The lowest BCUT2D eigenvalue weighted by molar-refractivity contribution is -0.139. The summed E-state index contributed by atoms with van der Waals surface area (Å²) in [6.45, 7) is 7.35. The van der Waals surface area contributed by atoms with E-state index in [1.165, 1.54) is 0 Å². The van der Waals surface area contributed by atoms with E-state index in [1.54, 1.807) is 0 Å². The molecule has 2 aromatic rings. The number of alkyl halides is 3. The Balaban J connectivity index is 2.07. The Labute approximate surface area is 174 Å². The molecule has 0 saturated carbocycles. The number of nitrogens with one attached hydrogen (secondary N) is 1. The first kappa shape index (κ1) is 22.5. The van der Waals surface area contributed by atoms with Crippen molar-refractivity contribution in [1.29, 1.82) is 0 Å². The number of thiophene rings is 1. The van der Waals surface area contributed by atoms with Crippen LogP contribution < -0.4 is 11.1 Å². The third-order valence-corrected chi connectivity index (χ3v) is 6.29. The number of aliphatic hydroxyl groups excluding tert-OH is 1. The lowest BCUT2D eigenvalue weighted by atomic mass is 9.86. The van der Waals surface area contributed by atoms with Gasteiger partial charge in [-0.05, 0) is 45.4 Å². The van der Waals surface area contributed by atoms with Crippen molar-refractivity contribution in [2.75, 3.05) is 5.32 Å². The average molecular weight is 446 g/mol. The molecule has 1 aliphatic heterocycles. The summed E-state index contributed by atoms with van der Waals surface area (Å²) in [7, 11) is 0. The molecule has 4 N–H and O–H groups in total. The highest BCUT2D eigenvalue weighted by Crippen LogP contribution is 2.49. The Morgan fingerprint density at radius 1 is 1.30 bits per heavy atom. The molecule has 0 radical (unpaired) electrons. The number of ether oxygens (including phenoxy) is 1. The molecule has 2 heterocycles. The topological polar surface area (TPSA) is 84.6 Å². The van der Waals surface area contributed by atoms with Gasteiger partial charge in [0.1, 0.15) is 10.8 Å². The van der Waals surface area contributed by atoms with Gasteiger partial charge in [-0.2, -0.15) is 13.2 Å². The molecule has 1 unspecified atom stereocenters. The standard InChI is InChI=1S/C20H22F4N2O3S/c1-18(2)8-11-13(15(25)27)17(30-14(11)19(3,4)29-18)26-16(28)10-6-5-9(21)7-12(10)20(22,23)24/h5-7,16,26,28H,8H2,1-4H3,(H2,25,27). The number of nitrogens with two attached hydrogens (primary N) is 1. The number of benzene rings is 1. The number of hydrogen-bond acceptors (Lipinski definition) is 5. The molecule has 5 nitrogen and oxygen atoms in total. The largest absolute Gasteiger partial charge is 0.416 e. The predicted molar refractivity (Wildman–Crippen MR) is 105 cm³/mol. The maximum atomic E-state index is 13.4. The Morgan fingerprint density at radius 3 is 2.50 bits per heavy atom. The van der Waals surface area contributed by atoms with Crippen molar-refractivity contribution in [2.24, 2.45) is 5.73 Å². The van der Waals surface area contributed by atoms with Crippen LogP contribution >= 0.6 is 11.3 Å². The SMILES string of the molecule is CC1(C)Cc2c(sc(NC(O)c3ccc(F)cc3C(F)(F)F)c2C(N)=O)C(C)(C)O1. The minimum absolute atomic E-state index is 0.106. The van der Waals surface area contributed by atoms with Crippen molar-refractivity contribution in [3.8, 4) is 0 Å². The number of halogens is 4. The van der Waals surface area contributed by atoms with Crippen molar-refractivity contribution in [3.63, 3.8) is 0 Å². The second kappa shape index (κ2) is 7.21. The number of hydrogen-bond donors (Lipinski definition) is 3. The van der Waals surface area contributed by atoms with E-state index in [0.717, 1.165) is 23.5 Å². The van der Waals surface area contributed by atoms with Crippen LogP contribution in [0.5, 0.6) is 0 Å². The summed E-state index contributed by atoms with van der Waals surface area (Å²) >= 11 is 1.09. The smallest absolute Gasteiger partial charge is 0.369 e. The molecular formula is C20H22F4N2O3S. The highest BCUT2D eigenvalue weighted by atomic mass is 32.1. The van der Waals surface area contributed by atoms with Crippen LogP contribution in [0.25, 0.3) is 0 Å². The van der Waals surface area contributed by atoms with E-state index in [4.69, 9.17) is 10.5 Å². The maximum Gasteiger partial charge on any atom is 0.416 e. The van der Waals surface area contributed by atoms with E-state index in [-0.39, 0.29) is 10.6 Å². The van der Waals surface area contributed by atoms with Crippen LogP contribution in [0.1, 0.15) is 65.8 Å². The number of aliphatic hydroxyl groups is 1. The molecular weight excluding hydrogens is 424 g/mol. The summed E-state index contributed by atoms with van der Waals surface area (Å²) in [4.78, 5) is 12.9. The van der Waals surface area contributed by atoms with E-state index in [1.807, 2.05) is 27.7 Å². The molecule has 1 amide bonds. The van der Waals surface area contributed by atoms with Gasteiger partial charge in [-0.15, -0.1) is 11.3 Å². The maximum absolute atomic E-state index is 13.4. The zero-order chi connectivity index (χ0) is 22.6. The van der Waals surface area contributed by atoms with Crippen molar-refractivity contribution in [2.45, 2.75) is 57.7 Å². The normalized spacial score (nSPS) is 18.6. The lowest BCUT2D eigenvalue weighted by Crippen LogP contribution is -2.42. The van der Waals surface area contributed by atoms with Gasteiger partial charge in [0.2, 0.25) is 0 Å². The monoisotopic (exact) mass is 446 g/mol. The van der Waals surface area contributed by atoms with Crippen LogP contribution in [0.2, 0.25) is 0 Å². The Hall–Kier alpha value is -2.17. The fraction of sp³-hybridized carbons (Fsp3) is 0.450.